The number of hydrogen-bond acceptors (Lipinski definition) is 5. The lowest BCUT2D eigenvalue weighted by molar-refractivity contribution is -0.122. The molecule has 7 nitrogen and oxygen atoms in total. The van der Waals surface area contributed by atoms with Crippen LogP contribution >= 0.6 is 11.3 Å². The van der Waals surface area contributed by atoms with E-state index in [1.165, 1.54) is 41.6 Å². The second kappa shape index (κ2) is 7.80. The van der Waals surface area contributed by atoms with E-state index in [0.29, 0.717) is 35.8 Å². The maximum atomic E-state index is 12.4. The van der Waals surface area contributed by atoms with Crippen molar-refractivity contribution in [1.82, 2.24) is 24.5 Å². The minimum absolute atomic E-state index is 0.0470. The third-order valence-corrected chi connectivity index (χ3v) is 6.31. The van der Waals surface area contributed by atoms with Crippen LogP contribution in [0.25, 0.3) is 16.0 Å². The Morgan fingerprint density at radius 2 is 2.04 bits per heavy atom. The van der Waals surface area contributed by atoms with Gasteiger partial charge >= 0.3 is 0 Å². The maximum Gasteiger partial charge on any atom is 0.272 e. The molecule has 3 aromatic heterocycles. The number of thiophene rings is 1. The molecule has 1 amide bonds. The number of fused-ring (bicyclic) bond motifs is 3. The molecule has 0 saturated heterocycles. The van der Waals surface area contributed by atoms with E-state index in [1.54, 1.807) is 7.05 Å². The van der Waals surface area contributed by atoms with Gasteiger partial charge in [-0.25, -0.2) is 0 Å². The van der Waals surface area contributed by atoms with Crippen molar-refractivity contribution in [2.45, 2.75) is 63.8 Å². The molecule has 3 heterocycles. The smallest absolute Gasteiger partial charge is 0.272 e. The number of aryl methyl sites for hydroxylation is 2. The maximum absolute atomic E-state index is 12.4. The standard InChI is InChI=1S/C19H25N5O2S/c1-23-18(26)17-14(11-12-27-17)24-15(21-22-19(23)24)9-6-10-16(25)20-13-7-4-2-3-5-8-13/h11-13H,2-10H2,1H3,(H,20,25). The summed E-state index contributed by atoms with van der Waals surface area (Å²) in [6.07, 6.45) is 9.06. The molecule has 0 bridgehead atoms. The number of nitrogens with one attached hydrogen (secondary N) is 1. The molecule has 27 heavy (non-hydrogen) atoms. The molecule has 3 aromatic rings. The van der Waals surface area contributed by atoms with Crippen LogP contribution in [0.15, 0.2) is 16.2 Å². The van der Waals surface area contributed by atoms with Crippen LogP contribution in [0.2, 0.25) is 0 Å². The first-order chi connectivity index (χ1) is 13.1. The highest BCUT2D eigenvalue weighted by atomic mass is 32.1. The van der Waals surface area contributed by atoms with Gasteiger partial charge in [-0.1, -0.05) is 25.7 Å². The monoisotopic (exact) mass is 387 g/mol. The van der Waals surface area contributed by atoms with Crippen molar-refractivity contribution >= 4 is 33.2 Å². The predicted molar refractivity (Wildman–Crippen MR) is 106 cm³/mol. The lowest BCUT2D eigenvalue weighted by Gasteiger charge is -2.16. The fraction of sp³-hybridized carbons (Fsp3) is 0.579. The van der Waals surface area contributed by atoms with Crippen LogP contribution < -0.4 is 10.9 Å². The van der Waals surface area contributed by atoms with E-state index in [0.717, 1.165) is 24.2 Å². The number of carbonyl (C=O) groups is 1. The van der Waals surface area contributed by atoms with Crippen molar-refractivity contribution < 1.29 is 4.79 Å². The van der Waals surface area contributed by atoms with Gasteiger partial charge in [-0.05, 0) is 30.7 Å². The van der Waals surface area contributed by atoms with Crippen molar-refractivity contribution in [3.05, 3.63) is 27.6 Å². The highest BCUT2D eigenvalue weighted by Crippen LogP contribution is 2.20. The summed E-state index contributed by atoms with van der Waals surface area (Å²) < 4.78 is 4.18. The quantitative estimate of drug-likeness (QED) is 0.683. The van der Waals surface area contributed by atoms with Gasteiger partial charge in [0.1, 0.15) is 10.5 Å². The van der Waals surface area contributed by atoms with Gasteiger partial charge in [0, 0.05) is 25.9 Å². The van der Waals surface area contributed by atoms with Crippen molar-refractivity contribution in [1.29, 1.82) is 0 Å². The summed E-state index contributed by atoms with van der Waals surface area (Å²) in [6.45, 7) is 0. The van der Waals surface area contributed by atoms with E-state index in [9.17, 15) is 9.59 Å². The summed E-state index contributed by atoms with van der Waals surface area (Å²) in [4.78, 5) is 24.7. The highest BCUT2D eigenvalue weighted by molar-refractivity contribution is 7.17. The molecule has 0 aromatic carbocycles. The van der Waals surface area contributed by atoms with Crippen LogP contribution in [0.5, 0.6) is 0 Å². The second-order valence-corrected chi connectivity index (χ2v) is 8.28. The summed E-state index contributed by atoms with van der Waals surface area (Å²) in [5, 5.41) is 13.6. The van der Waals surface area contributed by atoms with Gasteiger partial charge < -0.3 is 5.32 Å². The molecule has 1 aliphatic carbocycles. The van der Waals surface area contributed by atoms with Gasteiger partial charge in [0.15, 0.2) is 0 Å². The lowest BCUT2D eigenvalue weighted by atomic mass is 10.1. The summed E-state index contributed by atoms with van der Waals surface area (Å²) in [7, 11) is 1.72. The minimum Gasteiger partial charge on any atom is -0.353 e. The van der Waals surface area contributed by atoms with Crippen LogP contribution in [-0.2, 0) is 18.3 Å². The number of amides is 1. The van der Waals surface area contributed by atoms with Gasteiger partial charge in [-0.2, -0.15) is 0 Å². The largest absolute Gasteiger partial charge is 0.353 e. The summed E-state index contributed by atoms with van der Waals surface area (Å²) in [5.74, 6) is 1.47. The first-order valence-electron chi connectivity index (χ1n) is 9.74. The second-order valence-electron chi connectivity index (χ2n) is 7.36. The first-order valence-corrected chi connectivity index (χ1v) is 10.6. The fourth-order valence-corrected chi connectivity index (χ4v) is 4.80. The fourth-order valence-electron chi connectivity index (χ4n) is 3.95. The third-order valence-electron chi connectivity index (χ3n) is 5.42. The van der Waals surface area contributed by atoms with Crippen LogP contribution in [-0.4, -0.2) is 31.1 Å². The minimum atomic E-state index is -0.0470. The average Bonchev–Trinajstić information content (AvgIpc) is 3.22. The highest BCUT2D eigenvalue weighted by Gasteiger charge is 2.17. The number of carbonyl (C=O) groups excluding carboxylic acids is 1. The Bertz CT molecular complexity index is 1010. The predicted octanol–water partition coefficient (Wildman–Crippen LogP) is 2.80. The van der Waals surface area contributed by atoms with Gasteiger partial charge in [0.25, 0.3) is 5.56 Å². The van der Waals surface area contributed by atoms with Gasteiger partial charge in [-0.15, -0.1) is 21.5 Å². The Labute approximate surface area is 161 Å². The van der Waals surface area contributed by atoms with E-state index >= 15 is 0 Å². The molecule has 1 aliphatic rings. The normalized spacial score (nSPS) is 16.0. The molecule has 0 aliphatic heterocycles. The molecule has 0 radical (unpaired) electrons. The Morgan fingerprint density at radius 1 is 1.26 bits per heavy atom. The molecular formula is C19H25N5O2S. The Balaban J connectivity index is 1.43. The first kappa shape index (κ1) is 18.2. The Hall–Kier alpha value is -2.22. The summed E-state index contributed by atoms with van der Waals surface area (Å²) >= 11 is 1.43. The zero-order valence-corrected chi connectivity index (χ0v) is 16.4. The van der Waals surface area contributed by atoms with Crippen molar-refractivity contribution in [2.75, 3.05) is 0 Å². The van der Waals surface area contributed by atoms with E-state index in [1.807, 2.05) is 15.8 Å². The molecular weight excluding hydrogens is 362 g/mol. The molecule has 1 fully saturated rings. The van der Waals surface area contributed by atoms with Gasteiger partial charge in [0.2, 0.25) is 11.7 Å². The molecule has 1 N–H and O–H groups in total. The van der Waals surface area contributed by atoms with Crippen LogP contribution in [0, 0.1) is 0 Å². The molecule has 0 atom stereocenters. The number of nitrogens with zero attached hydrogens (tertiary/aromatic N) is 4. The third kappa shape index (κ3) is 3.63. The molecule has 0 spiro atoms. The van der Waals surface area contributed by atoms with Crippen molar-refractivity contribution in [3.63, 3.8) is 0 Å². The van der Waals surface area contributed by atoms with Crippen molar-refractivity contribution in [3.8, 4) is 0 Å². The van der Waals surface area contributed by atoms with Crippen LogP contribution in [0.1, 0.15) is 57.2 Å². The number of rotatable bonds is 5. The molecule has 144 valence electrons. The summed E-state index contributed by atoms with van der Waals surface area (Å²) in [5.41, 5.74) is 0.801. The molecule has 4 rings (SSSR count). The number of hydrogen-bond donors (Lipinski definition) is 1. The SMILES string of the molecule is Cn1c(=O)c2sccc2n2c(CCCC(=O)NC3CCCCCC3)nnc12. The van der Waals surface area contributed by atoms with E-state index in [4.69, 9.17) is 0 Å². The Morgan fingerprint density at radius 3 is 2.81 bits per heavy atom. The summed E-state index contributed by atoms with van der Waals surface area (Å²) in [6, 6.07) is 2.27. The average molecular weight is 388 g/mol. The topological polar surface area (TPSA) is 81.3 Å². The lowest BCUT2D eigenvalue weighted by Crippen LogP contribution is -2.34. The van der Waals surface area contributed by atoms with Crippen molar-refractivity contribution in [2.24, 2.45) is 7.05 Å². The zero-order valence-electron chi connectivity index (χ0n) is 15.6. The number of aromatic nitrogens is 4. The zero-order chi connectivity index (χ0) is 18.8. The molecule has 0 unspecified atom stereocenters. The van der Waals surface area contributed by atoms with Crippen LogP contribution in [0.4, 0.5) is 0 Å². The van der Waals surface area contributed by atoms with Gasteiger partial charge in [0.05, 0.1) is 5.52 Å². The van der Waals surface area contributed by atoms with Crippen LogP contribution in [0.3, 0.4) is 0 Å². The van der Waals surface area contributed by atoms with E-state index in [-0.39, 0.29) is 11.5 Å². The molecule has 8 heteroatoms. The van der Waals surface area contributed by atoms with E-state index < -0.39 is 0 Å². The van der Waals surface area contributed by atoms with E-state index in [2.05, 4.69) is 15.5 Å². The Kier molecular flexibility index (Phi) is 5.24. The van der Waals surface area contributed by atoms with Gasteiger partial charge in [-0.3, -0.25) is 18.6 Å². The molecule has 1 saturated carbocycles.